The number of rotatable bonds is 5. The summed E-state index contributed by atoms with van der Waals surface area (Å²) in [7, 11) is 4.32. The van der Waals surface area contributed by atoms with Crippen LogP contribution in [-0.2, 0) is 0 Å². The van der Waals surface area contributed by atoms with Crippen molar-refractivity contribution in [2.75, 3.05) is 40.3 Å². The first-order valence-electron chi connectivity index (χ1n) is 6.83. The first-order valence-corrected chi connectivity index (χ1v) is 6.83. The fraction of sp³-hybridized carbons (Fsp3) is 1.00. The molecule has 0 aromatic rings. The SMILES string of the molecule is CN(C)C1CCN(CC(N)(CO)C2CC2)CC1. The number of aliphatic hydroxyl groups excluding tert-OH is 1. The highest BCUT2D eigenvalue weighted by molar-refractivity contribution is 5.00. The van der Waals surface area contributed by atoms with Crippen LogP contribution >= 0.6 is 0 Å². The highest BCUT2D eigenvalue weighted by Gasteiger charge is 2.43. The quantitative estimate of drug-likeness (QED) is 0.717. The maximum atomic E-state index is 9.51. The molecule has 1 saturated heterocycles. The molecule has 0 aromatic heterocycles. The fourth-order valence-electron chi connectivity index (χ4n) is 2.98. The van der Waals surface area contributed by atoms with Gasteiger partial charge in [0.25, 0.3) is 0 Å². The van der Waals surface area contributed by atoms with Crippen molar-refractivity contribution in [1.82, 2.24) is 9.80 Å². The second kappa shape index (κ2) is 5.22. The van der Waals surface area contributed by atoms with Gasteiger partial charge in [-0.25, -0.2) is 0 Å². The number of hydrogen-bond acceptors (Lipinski definition) is 4. The van der Waals surface area contributed by atoms with Gasteiger partial charge in [-0.15, -0.1) is 0 Å². The summed E-state index contributed by atoms with van der Waals surface area (Å²) < 4.78 is 0. The number of nitrogens with two attached hydrogens (primary N) is 1. The molecular weight excluding hydrogens is 214 g/mol. The van der Waals surface area contributed by atoms with Gasteiger partial charge in [0.15, 0.2) is 0 Å². The predicted molar refractivity (Wildman–Crippen MR) is 69.9 cm³/mol. The van der Waals surface area contributed by atoms with Gasteiger partial charge >= 0.3 is 0 Å². The van der Waals surface area contributed by atoms with Crippen LogP contribution in [-0.4, -0.2) is 66.8 Å². The lowest BCUT2D eigenvalue weighted by Crippen LogP contribution is -2.56. The lowest BCUT2D eigenvalue weighted by atomic mass is 9.93. The van der Waals surface area contributed by atoms with Gasteiger partial charge in [0.2, 0.25) is 0 Å². The van der Waals surface area contributed by atoms with Gasteiger partial charge in [-0.1, -0.05) is 0 Å². The zero-order chi connectivity index (χ0) is 12.5. The lowest BCUT2D eigenvalue weighted by molar-refractivity contribution is 0.0864. The second-order valence-electron chi connectivity index (χ2n) is 6.14. The van der Waals surface area contributed by atoms with Crippen LogP contribution in [0.4, 0.5) is 0 Å². The standard InChI is InChI=1S/C13H27N3O/c1-15(2)12-5-7-16(8-6-12)9-13(14,10-17)11-3-4-11/h11-12,17H,3-10,14H2,1-2H3. The van der Waals surface area contributed by atoms with Gasteiger partial charge in [-0.2, -0.15) is 0 Å². The van der Waals surface area contributed by atoms with Crippen molar-refractivity contribution in [2.24, 2.45) is 11.7 Å². The van der Waals surface area contributed by atoms with Crippen molar-refractivity contribution in [3.05, 3.63) is 0 Å². The predicted octanol–water partition coefficient (Wildman–Crippen LogP) is 0.112. The summed E-state index contributed by atoms with van der Waals surface area (Å²) >= 11 is 0. The van der Waals surface area contributed by atoms with Crippen molar-refractivity contribution >= 4 is 0 Å². The average Bonchev–Trinajstić information content (AvgIpc) is 3.13. The molecule has 0 radical (unpaired) electrons. The Balaban J connectivity index is 1.80. The molecule has 1 aliphatic heterocycles. The summed E-state index contributed by atoms with van der Waals surface area (Å²) in [5.41, 5.74) is 5.98. The third-order valence-corrected chi connectivity index (χ3v) is 4.49. The molecule has 0 spiro atoms. The molecule has 100 valence electrons. The second-order valence-corrected chi connectivity index (χ2v) is 6.14. The minimum absolute atomic E-state index is 0.130. The first-order chi connectivity index (χ1) is 8.05. The Kier molecular flexibility index (Phi) is 4.08. The van der Waals surface area contributed by atoms with Crippen molar-refractivity contribution in [1.29, 1.82) is 0 Å². The van der Waals surface area contributed by atoms with Gasteiger partial charge in [-0.05, 0) is 58.8 Å². The third-order valence-electron chi connectivity index (χ3n) is 4.49. The molecule has 1 aliphatic carbocycles. The fourth-order valence-corrected chi connectivity index (χ4v) is 2.98. The van der Waals surface area contributed by atoms with E-state index in [4.69, 9.17) is 5.73 Å². The highest BCUT2D eigenvalue weighted by atomic mass is 16.3. The topological polar surface area (TPSA) is 52.7 Å². The summed E-state index contributed by atoms with van der Waals surface area (Å²) in [6.45, 7) is 3.24. The Morgan fingerprint density at radius 2 is 1.82 bits per heavy atom. The molecular formula is C13H27N3O. The smallest absolute Gasteiger partial charge is 0.0626 e. The summed E-state index contributed by atoms with van der Waals surface area (Å²) in [4.78, 5) is 4.76. The number of nitrogens with zero attached hydrogens (tertiary/aromatic N) is 2. The first kappa shape index (κ1) is 13.3. The minimum Gasteiger partial charge on any atom is -0.394 e. The van der Waals surface area contributed by atoms with E-state index in [0.717, 1.165) is 19.6 Å². The van der Waals surface area contributed by atoms with Crippen LogP contribution in [0.25, 0.3) is 0 Å². The van der Waals surface area contributed by atoms with Crippen molar-refractivity contribution in [3.63, 3.8) is 0 Å². The zero-order valence-electron chi connectivity index (χ0n) is 11.2. The molecule has 4 heteroatoms. The molecule has 1 saturated carbocycles. The summed E-state index contributed by atoms with van der Waals surface area (Å²) in [5, 5.41) is 9.51. The maximum absolute atomic E-state index is 9.51. The number of aliphatic hydroxyl groups is 1. The van der Waals surface area contributed by atoms with Crippen LogP contribution in [0, 0.1) is 5.92 Å². The van der Waals surface area contributed by atoms with Crippen molar-refractivity contribution in [2.45, 2.75) is 37.3 Å². The largest absolute Gasteiger partial charge is 0.394 e. The Morgan fingerprint density at radius 1 is 1.24 bits per heavy atom. The zero-order valence-corrected chi connectivity index (χ0v) is 11.2. The molecule has 17 heavy (non-hydrogen) atoms. The Bertz CT molecular complexity index is 247. The van der Waals surface area contributed by atoms with Gasteiger partial charge in [0.1, 0.15) is 0 Å². The molecule has 2 fully saturated rings. The number of hydrogen-bond donors (Lipinski definition) is 2. The van der Waals surface area contributed by atoms with E-state index in [-0.39, 0.29) is 12.1 Å². The highest BCUT2D eigenvalue weighted by Crippen LogP contribution is 2.38. The minimum atomic E-state index is -0.342. The van der Waals surface area contributed by atoms with E-state index in [9.17, 15) is 5.11 Å². The molecule has 4 nitrogen and oxygen atoms in total. The summed E-state index contributed by atoms with van der Waals surface area (Å²) in [6, 6.07) is 0.716. The van der Waals surface area contributed by atoms with E-state index >= 15 is 0 Å². The maximum Gasteiger partial charge on any atom is 0.0626 e. The van der Waals surface area contributed by atoms with Crippen LogP contribution in [0.15, 0.2) is 0 Å². The van der Waals surface area contributed by atoms with Gasteiger partial charge in [0.05, 0.1) is 12.1 Å². The van der Waals surface area contributed by atoms with Crippen LogP contribution in [0.5, 0.6) is 0 Å². The Labute approximate surface area is 105 Å². The van der Waals surface area contributed by atoms with E-state index in [1.54, 1.807) is 0 Å². The van der Waals surface area contributed by atoms with E-state index in [0.29, 0.717) is 12.0 Å². The van der Waals surface area contributed by atoms with Crippen LogP contribution in [0.3, 0.4) is 0 Å². The Morgan fingerprint density at radius 3 is 2.24 bits per heavy atom. The van der Waals surface area contributed by atoms with Crippen LogP contribution in [0.2, 0.25) is 0 Å². The summed E-state index contributed by atoms with van der Waals surface area (Å²) in [6.07, 6.45) is 4.84. The normalized spacial score (nSPS) is 27.4. The molecule has 3 N–H and O–H groups in total. The third kappa shape index (κ3) is 3.19. The van der Waals surface area contributed by atoms with E-state index in [2.05, 4.69) is 23.9 Å². The van der Waals surface area contributed by atoms with Crippen molar-refractivity contribution in [3.8, 4) is 0 Å². The van der Waals surface area contributed by atoms with E-state index < -0.39 is 0 Å². The van der Waals surface area contributed by atoms with E-state index in [1.807, 2.05) is 0 Å². The monoisotopic (exact) mass is 241 g/mol. The molecule has 1 atom stereocenters. The van der Waals surface area contributed by atoms with Crippen molar-refractivity contribution < 1.29 is 5.11 Å². The molecule has 0 bridgehead atoms. The molecule has 2 rings (SSSR count). The van der Waals surface area contributed by atoms with Crippen LogP contribution in [0.1, 0.15) is 25.7 Å². The van der Waals surface area contributed by atoms with Gasteiger partial charge < -0.3 is 20.6 Å². The molecule has 0 aromatic carbocycles. The summed E-state index contributed by atoms with van der Waals surface area (Å²) in [5.74, 6) is 0.555. The van der Waals surface area contributed by atoms with Gasteiger partial charge in [0, 0.05) is 12.6 Å². The lowest BCUT2D eigenvalue weighted by Gasteiger charge is -2.39. The van der Waals surface area contributed by atoms with E-state index in [1.165, 1.54) is 25.7 Å². The number of likely N-dealkylation sites (tertiary alicyclic amines) is 1. The molecule has 0 amide bonds. The molecule has 2 aliphatic rings. The average molecular weight is 241 g/mol. The Hall–Kier alpha value is -0.160. The number of piperidine rings is 1. The molecule has 1 heterocycles. The van der Waals surface area contributed by atoms with Crippen LogP contribution < -0.4 is 5.73 Å². The van der Waals surface area contributed by atoms with Gasteiger partial charge in [-0.3, -0.25) is 0 Å². The molecule has 1 unspecified atom stereocenters.